The zero-order chi connectivity index (χ0) is 29.4. The normalized spacial score (nSPS) is 13.5. The van der Waals surface area contributed by atoms with Crippen molar-refractivity contribution >= 4 is 11.6 Å². The molecule has 3 heterocycles. The van der Waals surface area contributed by atoms with E-state index in [2.05, 4.69) is 24.9 Å². The molecule has 1 N–H and O–H groups in total. The van der Waals surface area contributed by atoms with Crippen molar-refractivity contribution in [3.63, 3.8) is 0 Å². The molecule has 1 aliphatic heterocycles. The minimum absolute atomic E-state index is 0.121. The lowest BCUT2D eigenvalue weighted by Gasteiger charge is -2.28. The first-order valence-electron chi connectivity index (χ1n) is 13.8. The van der Waals surface area contributed by atoms with E-state index < -0.39 is 6.36 Å². The molecule has 2 aromatic heterocycles. The second-order valence-electron chi connectivity index (χ2n) is 10.0. The number of anilines is 1. The zero-order valence-corrected chi connectivity index (χ0v) is 22.9. The molecule has 0 aliphatic carbocycles. The molecule has 1 saturated heterocycles. The molecule has 0 atom stereocenters. The summed E-state index contributed by atoms with van der Waals surface area (Å²) in [5, 5.41) is 3.30. The van der Waals surface area contributed by atoms with Gasteiger partial charge in [0.15, 0.2) is 0 Å². The lowest BCUT2D eigenvalue weighted by atomic mass is 10.00. The summed E-state index contributed by atoms with van der Waals surface area (Å²) >= 11 is 0. The largest absolute Gasteiger partial charge is 0.573 e. The zero-order valence-electron chi connectivity index (χ0n) is 22.9. The van der Waals surface area contributed by atoms with Crippen LogP contribution in [0.3, 0.4) is 0 Å². The standard InChI is InChI=1S/C32H31F3N4O3/c33-32(34,35)42-29-10-6-26(30(20-29)25-11-13-38-31(19-25)39-16-14-36-15-17-39)22-41-28-8-4-23(5-9-28)18-27(40)7-3-24-2-1-12-37-21-24/h1-2,4-6,8-13,19-21,36H,3,7,14-18,22H2. The van der Waals surface area contributed by atoms with E-state index in [0.717, 1.165) is 43.1 Å². The number of nitrogens with one attached hydrogen (secondary N) is 1. The van der Waals surface area contributed by atoms with E-state index in [1.807, 2.05) is 30.3 Å². The molecule has 4 aromatic rings. The number of alkyl halides is 3. The highest BCUT2D eigenvalue weighted by atomic mass is 19.4. The molecule has 7 nitrogen and oxygen atoms in total. The van der Waals surface area contributed by atoms with Crippen LogP contribution in [0.2, 0.25) is 0 Å². The van der Waals surface area contributed by atoms with Crippen LogP contribution in [-0.2, 0) is 24.2 Å². The first-order valence-corrected chi connectivity index (χ1v) is 13.8. The summed E-state index contributed by atoms with van der Waals surface area (Å²) in [7, 11) is 0. The number of rotatable bonds is 11. The van der Waals surface area contributed by atoms with Crippen LogP contribution < -0.4 is 19.7 Å². The van der Waals surface area contributed by atoms with E-state index in [1.165, 1.54) is 12.1 Å². The molecule has 5 rings (SSSR count). The molecular formula is C32H31F3N4O3. The second-order valence-corrected chi connectivity index (χ2v) is 10.0. The van der Waals surface area contributed by atoms with Crippen molar-refractivity contribution in [2.24, 2.45) is 0 Å². The third-order valence-corrected chi connectivity index (χ3v) is 6.95. The van der Waals surface area contributed by atoms with Crippen molar-refractivity contribution in [1.29, 1.82) is 0 Å². The van der Waals surface area contributed by atoms with Crippen LogP contribution in [0.4, 0.5) is 19.0 Å². The molecule has 42 heavy (non-hydrogen) atoms. The van der Waals surface area contributed by atoms with Gasteiger partial charge in [0.05, 0.1) is 0 Å². The maximum absolute atomic E-state index is 13.0. The van der Waals surface area contributed by atoms with Crippen molar-refractivity contribution in [3.05, 3.63) is 102 Å². The van der Waals surface area contributed by atoms with E-state index in [0.29, 0.717) is 41.7 Å². The van der Waals surface area contributed by atoms with Crippen LogP contribution >= 0.6 is 0 Å². The number of pyridine rings is 2. The fourth-order valence-electron chi connectivity index (χ4n) is 4.81. The van der Waals surface area contributed by atoms with Gasteiger partial charge in [-0.25, -0.2) is 4.98 Å². The van der Waals surface area contributed by atoms with Crippen molar-refractivity contribution in [1.82, 2.24) is 15.3 Å². The van der Waals surface area contributed by atoms with Gasteiger partial charge in [0.1, 0.15) is 29.7 Å². The first-order chi connectivity index (χ1) is 20.3. The van der Waals surface area contributed by atoms with Crippen LogP contribution in [0, 0.1) is 0 Å². The van der Waals surface area contributed by atoms with Crippen LogP contribution in [0.15, 0.2) is 85.3 Å². The number of ether oxygens (including phenoxy) is 2. The van der Waals surface area contributed by atoms with E-state index >= 15 is 0 Å². The molecule has 0 spiro atoms. The Hall–Kier alpha value is -4.44. The summed E-state index contributed by atoms with van der Waals surface area (Å²) in [5.74, 6) is 1.17. The monoisotopic (exact) mass is 576 g/mol. The highest BCUT2D eigenvalue weighted by Crippen LogP contribution is 2.33. The van der Waals surface area contributed by atoms with Gasteiger partial charge >= 0.3 is 6.36 Å². The second kappa shape index (κ2) is 13.5. The number of carbonyl (C=O) groups is 1. The Morgan fingerprint density at radius 2 is 1.71 bits per heavy atom. The van der Waals surface area contributed by atoms with Crippen LogP contribution in [0.1, 0.15) is 23.1 Å². The van der Waals surface area contributed by atoms with Crippen molar-refractivity contribution in [3.8, 4) is 22.6 Å². The Balaban J connectivity index is 1.27. The van der Waals surface area contributed by atoms with E-state index in [4.69, 9.17) is 4.74 Å². The number of nitrogens with zero attached hydrogens (tertiary/aromatic N) is 3. The Morgan fingerprint density at radius 1 is 0.929 bits per heavy atom. The maximum atomic E-state index is 13.0. The van der Waals surface area contributed by atoms with Crippen LogP contribution in [0.25, 0.3) is 11.1 Å². The molecule has 218 valence electrons. The summed E-state index contributed by atoms with van der Waals surface area (Å²) < 4.78 is 49.2. The van der Waals surface area contributed by atoms with Crippen LogP contribution in [0.5, 0.6) is 11.5 Å². The van der Waals surface area contributed by atoms with Gasteiger partial charge in [-0.3, -0.25) is 9.78 Å². The topological polar surface area (TPSA) is 76.6 Å². The van der Waals surface area contributed by atoms with E-state index in [9.17, 15) is 18.0 Å². The summed E-state index contributed by atoms with van der Waals surface area (Å²) in [6.07, 6.45) is 1.73. The van der Waals surface area contributed by atoms with Gasteiger partial charge < -0.3 is 19.7 Å². The Kier molecular flexibility index (Phi) is 9.33. The average Bonchev–Trinajstić information content (AvgIpc) is 3.00. The van der Waals surface area contributed by atoms with Gasteiger partial charge in [-0.15, -0.1) is 13.2 Å². The number of aryl methyl sites for hydroxylation is 1. The molecule has 1 aliphatic rings. The number of piperazine rings is 1. The third-order valence-electron chi connectivity index (χ3n) is 6.95. The summed E-state index contributed by atoms with van der Waals surface area (Å²) in [5.41, 5.74) is 3.87. The van der Waals surface area contributed by atoms with E-state index in [-0.39, 0.29) is 18.1 Å². The number of hydrogen-bond acceptors (Lipinski definition) is 7. The highest BCUT2D eigenvalue weighted by Gasteiger charge is 2.31. The molecular weight excluding hydrogens is 545 g/mol. The number of carbonyl (C=O) groups excluding carboxylic acids is 1. The molecule has 2 aromatic carbocycles. The van der Waals surface area contributed by atoms with Gasteiger partial charge in [-0.05, 0) is 76.7 Å². The number of halogens is 3. The summed E-state index contributed by atoms with van der Waals surface area (Å²) in [4.78, 5) is 23.1. The number of aromatic nitrogens is 2. The number of ketones is 1. The summed E-state index contributed by atoms with van der Waals surface area (Å²) in [6, 6.07) is 19.0. The predicted octanol–water partition coefficient (Wildman–Crippen LogP) is 5.78. The molecule has 1 fully saturated rings. The fourth-order valence-corrected chi connectivity index (χ4v) is 4.81. The van der Waals surface area contributed by atoms with Crippen molar-refractivity contribution in [2.75, 3.05) is 31.1 Å². The molecule has 0 saturated carbocycles. The number of Topliss-reactive ketones (excluding diaryl/α,β-unsaturated/α-hetero) is 1. The molecule has 10 heteroatoms. The van der Waals surface area contributed by atoms with Crippen LogP contribution in [-0.4, -0.2) is 48.3 Å². The van der Waals surface area contributed by atoms with Gasteiger partial charge in [0, 0.05) is 57.6 Å². The van der Waals surface area contributed by atoms with Gasteiger partial charge in [0.2, 0.25) is 0 Å². The fraction of sp³-hybridized carbons (Fsp3) is 0.281. The van der Waals surface area contributed by atoms with Crippen molar-refractivity contribution < 1.29 is 27.4 Å². The predicted molar refractivity (Wildman–Crippen MR) is 153 cm³/mol. The number of benzene rings is 2. The lowest BCUT2D eigenvalue weighted by molar-refractivity contribution is -0.274. The number of hydrogen-bond donors (Lipinski definition) is 1. The molecule has 0 bridgehead atoms. The Bertz CT molecular complexity index is 1470. The average molecular weight is 577 g/mol. The summed E-state index contributed by atoms with van der Waals surface area (Å²) in [6.45, 7) is 3.36. The first kappa shape index (κ1) is 29.1. The minimum Gasteiger partial charge on any atom is -0.489 e. The Labute approximate surface area is 242 Å². The highest BCUT2D eigenvalue weighted by molar-refractivity contribution is 5.81. The van der Waals surface area contributed by atoms with Gasteiger partial charge in [-0.2, -0.15) is 0 Å². The molecule has 0 radical (unpaired) electrons. The minimum atomic E-state index is -4.80. The third kappa shape index (κ3) is 8.29. The molecule has 0 unspecified atom stereocenters. The smallest absolute Gasteiger partial charge is 0.489 e. The van der Waals surface area contributed by atoms with Gasteiger partial charge in [0.25, 0.3) is 0 Å². The Morgan fingerprint density at radius 3 is 2.45 bits per heavy atom. The van der Waals surface area contributed by atoms with Gasteiger partial charge in [-0.1, -0.05) is 24.3 Å². The molecule has 0 amide bonds. The van der Waals surface area contributed by atoms with E-state index in [1.54, 1.807) is 42.9 Å². The lowest BCUT2D eigenvalue weighted by Crippen LogP contribution is -2.43. The van der Waals surface area contributed by atoms with Crippen molar-refractivity contribution in [2.45, 2.75) is 32.2 Å². The maximum Gasteiger partial charge on any atom is 0.573 e. The quantitative estimate of drug-likeness (QED) is 0.243. The SMILES string of the molecule is O=C(CCc1cccnc1)Cc1ccc(OCc2ccc(OC(F)(F)F)cc2-c2ccnc(N3CCNCC3)c2)cc1.